The van der Waals surface area contributed by atoms with Gasteiger partial charge < -0.3 is 9.72 Å². The molecule has 1 N–H and O–H groups in total. The lowest BCUT2D eigenvalue weighted by atomic mass is 10.3. The van der Waals surface area contributed by atoms with E-state index in [1.165, 1.54) is 6.92 Å². The molecular weight excluding hydrogens is 204 g/mol. The van der Waals surface area contributed by atoms with Gasteiger partial charge in [-0.05, 0) is 6.07 Å². The zero-order valence-electron chi connectivity index (χ0n) is 10.00. The predicted octanol–water partition coefficient (Wildman–Crippen LogP) is 2.80. The first-order chi connectivity index (χ1) is 7.70. The Hall–Kier alpha value is -1.84. The van der Waals surface area contributed by atoms with Gasteiger partial charge in [0.15, 0.2) is 5.78 Å². The summed E-state index contributed by atoms with van der Waals surface area (Å²) < 4.78 is 4.98. The highest BCUT2D eigenvalue weighted by Gasteiger charge is 2.05. The van der Waals surface area contributed by atoms with Gasteiger partial charge >= 0.3 is 0 Å². The van der Waals surface area contributed by atoms with Crippen molar-refractivity contribution in [3.8, 4) is 5.88 Å². The number of nitrogens with one attached hydrogen (secondary N) is 1. The zero-order chi connectivity index (χ0) is 12.1. The number of pyridine rings is 1. The Kier molecular flexibility index (Phi) is 4.05. The average molecular weight is 220 g/mol. The van der Waals surface area contributed by atoms with Crippen molar-refractivity contribution in [3.05, 3.63) is 24.0 Å². The van der Waals surface area contributed by atoms with Crippen LogP contribution in [0.15, 0.2) is 18.3 Å². The molecule has 0 aromatic carbocycles. The van der Waals surface area contributed by atoms with E-state index < -0.39 is 0 Å². The van der Waals surface area contributed by atoms with Crippen molar-refractivity contribution in [2.45, 2.75) is 20.8 Å². The molecule has 0 radical (unpaired) electrons. The van der Waals surface area contributed by atoms with E-state index in [-0.39, 0.29) is 5.78 Å². The van der Waals surface area contributed by atoms with Crippen molar-refractivity contribution in [2.24, 2.45) is 0 Å². The number of fused-ring (bicyclic) bond motifs is 1. The minimum Gasteiger partial charge on any atom is -0.481 e. The number of aromatic amines is 1. The van der Waals surface area contributed by atoms with Crippen LogP contribution in [0, 0.1) is 0 Å². The number of ether oxygens (including phenoxy) is 1. The fourth-order valence-corrected chi connectivity index (χ4v) is 1.31. The minimum atomic E-state index is 0.0140. The van der Waals surface area contributed by atoms with Gasteiger partial charge in [-0.25, -0.2) is 4.98 Å². The number of aromatic nitrogens is 2. The Morgan fingerprint density at radius 1 is 1.38 bits per heavy atom. The number of hydrogen-bond donors (Lipinski definition) is 1. The summed E-state index contributed by atoms with van der Waals surface area (Å²) >= 11 is 0. The summed E-state index contributed by atoms with van der Waals surface area (Å²) in [7, 11) is 1.56. The van der Waals surface area contributed by atoms with Crippen LogP contribution in [0.2, 0.25) is 0 Å². The van der Waals surface area contributed by atoms with E-state index in [0.717, 1.165) is 10.9 Å². The lowest BCUT2D eigenvalue weighted by Gasteiger charge is -1.96. The smallest absolute Gasteiger partial charge is 0.213 e. The Morgan fingerprint density at radius 2 is 2.06 bits per heavy atom. The second-order valence-corrected chi connectivity index (χ2v) is 3.05. The topological polar surface area (TPSA) is 55.0 Å². The van der Waals surface area contributed by atoms with Crippen molar-refractivity contribution >= 4 is 16.7 Å². The zero-order valence-corrected chi connectivity index (χ0v) is 10.00. The molecule has 0 atom stereocenters. The normalized spacial score (nSPS) is 9.50. The lowest BCUT2D eigenvalue weighted by Crippen LogP contribution is -1.89. The number of methoxy groups -OCH3 is 1. The van der Waals surface area contributed by atoms with Crippen LogP contribution < -0.4 is 4.74 Å². The molecule has 0 saturated heterocycles. The van der Waals surface area contributed by atoms with E-state index in [1.807, 2.05) is 13.8 Å². The van der Waals surface area contributed by atoms with E-state index in [4.69, 9.17) is 4.74 Å². The molecule has 2 rings (SSSR count). The fraction of sp³-hybridized carbons (Fsp3) is 0.333. The van der Waals surface area contributed by atoms with E-state index in [0.29, 0.717) is 11.6 Å². The van der Waals surface area contributed by atoms with Gasteiger partial charge in [0.2, 0.25) is 5.88 Å². The van der Waals surface area contributed by atoms with Crippen molar-refractivity contribution < 1.29 is 9.53 Å². The minimum absolute atomic E-state index is 0.0140. The van der Waals surface area contributed by atoms with Crippen LogP contribution >= 0.6 is 0 Å². The van der Waals surface area contributed by atoms with Crippen LogP contribution in [-0.2, 0) is 0 Å². The number of nitrogens with zero attached hydrogens (tertiary/aromatic N) is 1. The fourth-order valence-electron chi connectivity index (χ4n) is 1.31. The van der Waals surface area contributed by atoms with Gasteiger partial charge in [-0.2, -0.15) is 0 Å². The van der Waals surface area contributed by atoms with Crippen LogP contribution in [0.3, 0.4) is 0 Å². The van der Waals surface area contributed by atoms with Gasteiger partial charge in [0, 0.05) is 18.4 Å². The van der Waals surface area contributed by atoms with E-state index >= 15 is 0 Å². The van der Waals surface area contributed by atoms with E-state index in [1.54, 1.807) is 25.4 Å². The van der Waals surface area contributed by atoms with Gasteiger partial charge in [0.05, 0.1) is 24.5 Å². The monoisotopic (exact) mass is 220 g/mol. The van der Waals surface area contributed by atoms with Crippen LogP contribution in [0.5, 0.6) is 5.88 Å². The second kappa shape index (κ2) is 5.30. The van der Waals surface area contributed by atoms with Gasteiger partial charge in [-0.1, -0.05) is 13.8 Å². The van der Waals surface area contributed by atoms with Gasteiger partial charge in [-0.15, -0.1) is 0 Å². The molecule has 0 aliphatic heterocycles. The number of H-pyrrole nitrogens is 1. The molecule has 0 unspecified atom stereocenters. The van der Waals surface area contributed by atoms with E-state index in [9.17, 15) is 4.79 Å². The summed E-state index contributed by atoms with van der Waals surface area (Å²) in [6.07, 6.45) is 1.65. The molecule has 0 amide bonds. The van der Waals surface area contributed by atoms with Crippen molar-refractivity contribution in [3.63, 3.8) is 0 Å². The molecule has 16 heavy (non-hydrogen) atoms. The van der Waals surface area contributed by atoms with Crippen LogP contribution in [0.4, 0.5) is 0 Å². The number of ketones is 1. The third-order valence-corrected chi connectivity index (χ3v) is 2.07. The standard InChI is InChI=1S/C10H10N2O2.C2H6/c1-6(13)8-3-7-4-10(14-2)11-5-9(7)12-8;1-2/h3-5,12H,1-2H3;1-2H3. The first kappa shape index (κ1) is 12.2. The van der Waals surface area contributed by atoms with Gasteiger partial charge in [-0.3, -0.25) is 4.79 Å². The molecule has 0 spiro atoms. The average Bonchev–Trinajstić information content (AvgIpc) is 2.74. The quantitative estimate of drug-likeness (QED) is 0.792. The summed E-state index contributed by atoms with van der Waals surface area (Å²) in [5.74, 6) is 0.562. The molecule has 0 aliphatic rings. The Labute approximate surface area is 94.6 Å². The van der Waals surface area contributed by atoms with Crippen molar-refractivity contribution in [1.29, 1.82) is 0 Å². The Balaban J connectivity index is 0.000000606. The molecule has 0 bridgehead atoms. The first-order valence-corrected chi connectivity index (χ1v) is 5.24. The molecule has 4 nitrogen and oxygen atoms in total. The molecule has 86 valence electrons. The summed E-state index contributed by atoms with van der Waals surface area (Å²) in [6, 6.07) is 3.58. The number of carbonyl (C=O) groups is 1. The molecule has 2 aromatic rings. The molecular formula is C12H16N2O2. The maximum atomic E-state index is 11.1. The molecule has 0 saturated carbocycles. The number of rotatable bonds is 2. The third-order valence-electron chi connectivity index (χ3n) is 2.07. The lowest BCUT2D eigenvalue weighted by molar-refractivity contribution is 0.101. The predicted molar refractivity (Wildman–Crippen MR) is 64.0 cm³/mol. The number of hydrogen-bond acceptors (Lipinski definition) is 3. The highest BCUT2D eigenvalue weighted by molar-refractivity contribution is 5.97. The SMILES string of the molecule is CC.COc1cc2cc(C(C)=O)[nH]c2cn1. The maximum absolute atomic E-state index is 11.1. The molecule has 2 aromatic heterocycles. The number of carbonyl (C=O) groups excluding carboxylic acids is 1. The highest BCUT2D eigenvalue weighted by Crippen LogP contribution is 2.18. The van der Waals surface area contributed by atoms with Crippen LogP contribution in [0.1, 0.15) is 31.3 Å². The van der Waals surface area contributed by atoms with Crippen LogP contribution in [-0.4, -0.2) is 22.9 Å². The summed E-state index contributed by atoms with van der Waals surface area (Å²) in [5.41, 5.74) is 1.44. The highest BCUT2D eigenvalue weighted by atomic mass is 16.5. The molecule has 0 aliphatic carbocycles. The summed E-state index contributed by atoms with van der Waals surface area (Å²) in [5, 5.41) is 0.932. The Morgan fingerprint density at radius 3 is 2.62 bits per heavy atom. The summed E-state index contributed by atoms with van der Waals surface area (Å²) in [4.78, 5) is 18.1. The molecule has 0 fully saturated rings. The van der Waals surface area contributed by atoms with E-state index in [2.05, 4.69) is 9.97 Å². The first-order valence-electron chi connectivity index (χ1n) is 5.24. The van der Waals surface area contributed by atoms with Crippen LogP contribution in [0.25, 0.3) is 10.9 Å². The van der Waals surface area contributed by atoms with Gasteiger partial charge in [0.25, 0.3) is 0 Å². The Bertz CT molecular complexity index is 489. The van der Waals surface area contributed by atoms with Gasteiger partial charge in [0.1, 0.15) is 0 Å². The summed E-state index contributed by atoms with van der Waals surface area (Å²) in [6.45, 7) is 5.52. The second-order valence-electron chi connectivity index (χ2n) is 3.05. The molecule has 2 heterocycles. The largest absolute Gasteiger partial charge is 0.481 e. The third kappa shape index (κ3) is 2.39. The number of Topliss-reactive ketones (excluding diaryl/α,β-unsaturated/α-hetero) is 1. The molecule has 4 heteroatoms. The van der Waals surface area contributed by atoms with Crippen molar-refractivity contribution in [1.82, 2.24) is 9.97 Å². The maximum Gasteiger partial charge on any atom is 0.213 e. The van der Waals surface area contributed by atoms with Crippen molar-refractivity contribution in [2.75, 3.05) is 7.11 Å².